The third kappa shape index (κ3) is 4.20. The van der Waals surface area contributed by atoms with Gasteiger partial charge in [0.25, 0.3) is 0 Å². The zero-order valence-corrected chi connectivity index (χ0v) is 11.1. The number of rotatable bonds is 3. The third-order valence-corrected chi connectivity index (χ3v) is 3.54. The van der Waals surface area contributed by atoms with Crippen LogP contribution in [0.5, 0.6) is 0 Å². The summed E-state index contributed by atoms with van der Waals surface area (Å²) >= 11 is 5.99. The average Bonchev–Trinajstić information content (AvgIpc) is 2.14. The Bertz CT molecular complexity index is 355. The largest absolute Gasteiger partial charge is 0.384 e. The number of halogens is 1. The van der Waals surface area contributed by atoms with Gasteiger partial charge in [-0.3, -0.25) is 0 Å². The SMILES string of the molecule is C[Si](C)(C)/C=C/[C@H](O)c1ccccc1Cl. The van der Waals surface area contributed by atoms with Gasteiger partial charge >= 0.3 is 0 Å². The van der Waals surface area contributed by atoms with Crippen molar-refractivity contribution >= 4 is 19.7 Å². The van der Waals surface area contributed by atoms with E-state index >= 15 is 0 Å². The number of hydrogen-bond donors (Lipinski definition) is 1. The van der Waals surface area contributed by atoms with E-state index in [4.69, 9.17) is 11.6 Å². The lowest BCUT2D eigenvalue weighted by atomic mass is 10.1. The first-order valence-corrected chi connectivity index (χ1v) is 8.97. The Labute approximate surface area is 97.4 Å². The van der Waals surface area contributed by atoms with E-state index in [1.165, 1.54) is 0 Å². The van der Waals surface area contributed by atoms with Crippen molar-refractivity contribution in [3.8, 4) is 0 Å². The van der Waals surface area contributed by atoms with E-state index in [-0.39, 0.29) is 0 Å². The maximum Gasteiger partial charge on any atom is 0.0982 e. The minimum absolute atomic E-state index is 0.592. The molecule has 0 saturated carbocycles. The van der Waals surface area contributed by atoms with Crippen LogP contribution >= 0.6 is 11.6 Å². The Morgan fingerprint density at radius 2 is 1.87 bits per heavy atom. The maximum atomic E-state index is 9.92. The lowest BCUT2D eigenvalue weighted by molar-refractivity contribution is 0.229. The van der Waals surface area contributed by atoms with E-state index < -0.39 is 14.2 Å². The molecule has 0 aliphatic carbocycles. The number of aliphatic hydroxyl groups is 1. The van der Waals surface area contributed by atoms with Gasteiger partial charge in [0.05, 0.1) is 14.2 Å². The summed E-state index contributed by atoms with van der Waals surface area (Å²) in [5.74, 6) is 0. The molecule has 1 aromatic rings. The second kappa shape index (κ2) is 4.97. The molecule has 0 aliphatic heterocycles. The molecule has 0 saturated heterocycles. The minimum Gasteiger partial charge on any atom is -0.384 e. The van der Waals surface area contributed by atoms with E-state index in [1.54, 1.807) is 6.07 Å². The standard InChI is InChI=1S/C12H17ClOSi/c1-15(2,3)9-8-12(14)10-6-4-5-7-11(10)13/h4-9,12,14H,1-3H3/b9-8+/t12-/m0/s1. The fourth-order valence-electron chi connectivity index (χ4n) is 1.20. The molecule has 3 heteroatoms. The quantitative estimate of drug-likeness (QED) is 0.797. The van der Waals surface area contributed by atoms with Crippen LogP contribution in [0.2, 0.25) is 24.7 Å². The zero-order valence-electron chi connectivity index (χ0n) is 9.37. The smallest absolute Gasteiger partial charge is 0.0982 e. The number of hydrogen-bond acceptors (Lipinski definition) is 1. The molecule has 1 nitrogen and oxygen atoms in total. The summed E-state index contributed by atoms with van der Waals surface area (Å²) in [6, 6.07) is 7.39. The van der Waals surface area contributed by atoms with E-state index in [0.29, 0.717) is 5.02 Å². The lowest BCUT2D eigenvalue weighted by Gasteiger charge is -2.12. The summed E-state index contributed by atoms with van der Waals surface area (Å²) in [4.78, 5) is 0. The highest BCUT2D eigenvalue weighted by atomic mass is 35.5. The summed E-state index contributed by atoms with van der Waals surface area (Å²) in [5.41, 5.74) is 2.90. The predicted molar refractivity (Wildman–Crippen MR) is 68.9 cm³/mol. The molecule has 1 aromatic carbocycles. The summed E-state index contributed by atoms with van der Waals surface area (Å²) in [7, 11) is -1.25. The molecular weight excluding hydrogens is 224 g/mol. The molecule has 0 heterocycles. The molecule has 15 heavy (non-hydrogen) atoms. The van der Waals surface area contributed by atoms with Gasteiger partial charge in [-0.05, 0) is 6.07 Å². The summed E-state index contributed by atoms with van der Waals surface area (Å²) in [5, 5.41) is 10.5. The van der Waals surface area contributed by atoms with Gasteiger partial charge in [-0.2, -0.15) is 0 Å². The van der Waals surface area contributed by atoms with Crippen LogP contribution < -0.4 is 0 Å². The van der Waals surface area contributed by atoms with Gasteiger partial charge in [-0.15, -0.1) is 0 Å². The molecule has 0 unspecified atom stereocenters. The molecule has 82 valence electrons. The van der Waals surface area contributed by atoms with Crippen LogP contribution in [0, 0.1) is 0 Å². The number of aliphatic hydroxyl groups excluding tert-OH is 1. The van der Waals surface area contributed by atoms with Gasteiger partial charge in [-0.1, -0.05) is 61.2 Å². The maximum absolute atomic E-state index is 9.92. The highest BCUT2D eigenvalue weighted by Gasteiger charge is 2.11. The topological polar surface area (TPSA) is 20.2 Å². The first kappa shape index (κ1) is 12.5. The average molecular weight is 241 g/mol. The molecule has 1 rings (SSSR count). The zero-order chi connectivity index (χ0) is 11.5. The fourth-order valence-corrected chi connectivity index (χ4v) is 2.21. The van der Waals surface area contributed by atoms with Crippen molar-refractivity contribution in [3.05, 3.63) is 46.6 Å². The molecule has 1 atom stereocenters. The van der Waals surface area contributed by atoms with E-state index in [1.807, 2.05) is 24.3 Å². The minimum atomic E-state index is -1.25. The van der Waals surface area contributed by atoms with Gasteiger partial charge in [0.2, 0.25) is 0 Å². The van der Waals surface area contributed by atoms with E-state index in [2.05, 4.69) is 25.3 Å². The molecule has 0 fully saturated rings. The monoisotopic (exact) mass is 240 g/mol. The summed E-state index contributed by atoms with van der Waals surface area (Å²) < 4.78 is 0. The molecule has 0 amide bonds. The fraction of sp³-hybridized carbons (Fsp3) is 0.333. The Balaban J connectivity index is 2.82. The van der Waals surface area contributed by atoms with Gasteiger partial charge in [-0.25, -0.2) is 0 Å². The van der Waals surface area contributed by atoms with Crippen molar-refractivity contribution in [3.63, 3.8) is 0 Å². The first-order valence-electron chi connectivity index (χ1n) is 5.02. The van der Waals surface area contributed by atoms with Gasteiger partial charge in [0, 0.05) is 10.6 Å². The van der Waals surface area contributed by atoms with Crippen molar-refractivity contribution in [2.45, 2.75) is 25.7 Å². The lowest BCUT2D eigenvalue weighted by Crippen LogP contribution is -2.16. The second-order valence-electron chi connectivity index (χ2n) is 4.69. The van der Waals surface area contributed by atoms with Crippen LogP contribution in [-0.2, 0) is 0 Å². The Morgan fingerprint density at radius 3 is 2.40 bits per heavy atom. The van der Waals surface area contributed by atoms with Crippen LogP contribution in [0.4, 0.5) is 0 Å². The van der Waals surface area contributed by atoms with Gasteiger partial charge in [0.1, 0.15) is 0 Å². The normalized spacial score (nSPS) is 14.5. The van der Waals surface area contributed by atoms with Gasteiger partial charge in [0.15, 0.2) is 0 Å². The van der Waals surface area contributed by atoms with Crippen molar-refractivity contribution in [2.24, 2.45) is 0 Å². The summed E-state index contributed by atoms with van der Waals surface area (Å²) in [6.07, 6.45) is 1.25. The molecule has 0 aromatic heterocycles. The van der Waals surface area contributed by atoms with Crippen LogP contribution in [0.1, 0.15) is 11.7 Å². The van der Waals surface area contributed by atoms with Crippen molar-refractivity contribution in [1.82, 2.24) is 0 Å². The predicted octanol–water partition coefficient (Wildman–Crippen LogP) is 3.81. The third-order valence-electron chi connectivity index (χ3n) is 2.00. The van der Waals surface area contributed by atoms with E-state index in [9.17, 15) is 5.11 Å². The van der Waals surface area contributed by atoms with Crippen molar-refractivity contribution in [1.29, 1.82) is 0 Å². The molecular formula is C12H17ClOSi. The molecule has 0 aliphatic rings. The number of benzene rings is 1. The molecule has 0 radical (unpaired) electrons. The van der Waals surface area contributed by atoms with Crippen molar-refractivity contribution < 1.29 is 5.11 Å². The second-order valence-corrected chi connectivity index (χ2v) is 10.2. The highest BCUT2D eigenvalue weighted by Crippen LogP contribution is 2.23. The van der Waals surface area contributed by atoms with Gasteiger partial charge < -0.3 is 5.11 Å². The molecule has 1 N–H and O–H groups in total. The molecule has 0 bridgehead atoms. The van der Waals surface area contributed by atoms with Crippen LogP contribution in [0.3, 0.4) is 0 Å². The Kier molecular flexibility index (Phi) is 4.14. The van der Waals surface area contributed by atoms with Crippen LogP contribution in [0.25, 0.3) is 0 Å². The van der Waals surface area contributed by atoms with Crippen molar-refractivity contribution in [2.75, 3.05) is 0 Å². The molecule has 0 spiro atoms. The van der Waals surface area contributed by atoms with Crippen LogP contribution in [0.15, 0.2) is 36.0 Å². The first-order chi connectivity index (χ1) is 6.90. The Morgan fingerprint density at radius 1 is 1.27 bits per heavy atom. The Hall–Kier alpha value is -0.573. The summed E-state index contributed by atoms with van der Waals surface area (Å²) in [6.45, 7) is 6.68. The van der Waals surface area contributed by atoms with Crippen LogP contribution in [-0.4, -0.2) is 13.2 Å². The highest BCUT2D eigenvalue weighted by molar-refractivity contribution is 6.80. The van der Waals surface area contributed by atoms with E-state index in [0.717, 1.165) is 5.56 Å².